The van der Waals surface area contributed by atoms with E-state index in [-0.39, 0.29) is 18.0 Å². The smallest absolute Gasteiger partial charge is 0.224 e. The lowest BCUT2D eigenvalue weighted by Crippen LogP contribution is -2.33. The van der Waals surface area contributed by atoms with E-state index in [1.54, 1.807) is 0 Å². The zero-order valence-corrected chi connectivity index (χ0v) is 10.4. The van der Waals surface area contributed by atoms with Crippen molar-refractivity contribution in [2.45, 2.75) is 38.8 Å². The molecule has 1 aliphatic rings. The lowest BCUT2D eigenvalue weighted by molar-refractivity contribution is -0.129. The van der Waals surface area contributed by atoms with Crippen molar-refractivity contribution in [2.24, 2.45) is 5.73 Å². The van der Waals surface area contributed by atoms with Crippen molar-refractivity contribution in [3.63, 3.8) is 0 Å². The van der Waals surface area contributed by atoms with Gasteiger partial charge in [0.1, 0.15) is 0 Å². The van der Waals surface area contributed by atoms with Gasteiger partial charge in [-0.25, -0.2) is 0 Å². The molecule has 2 rings (SSSR count). The van der Waals surface area contributed by atoms with Gasteiger partial charge in [-0.05, 0) is 25.0 Å². The van der Waals surface area contributed by atoms with Crippen LogP contribution < -0.4 is 5.73 Å². The highest BCUT2D eigenvalue weighted by Crippen LogP contribution is 2.31. The zero-order chi connectivity index (χ0) is 12.4. The summed E-state index contributed by atoms with van der Waals surface area (Å²) >= 11 is 0. The minimum Gasteiger partial charge on any atom is -0.334 e. The predicted molar refractivity (Wildman–Crippen MR) is 66.3 cm³/mol. The first-order chi connectivity index (χ1) is 8.13. The number of pyridine rings is 1. The second-order valence-corrected chi connectivity index (χ2v) is 4.63. The summed E-state index contributed by atoms with van der Waals surface area (Å²) in [6, 6.07) is 3.87. The number of rotatable bonds is 3. The second kappa shape index (κ2) is 4.84. The number of hydrogen-bond acceptors (Lipinski definition) is 3. The first-order valence-electron chi connectivity index (χ1n) is 6.11. The summed E-state index contributed by atoms with van der Waals surface area (Å²) in [6.45, 7) is 4.79. The van der Waals surface area contributed by atoms with Crippen LogP contribution in [0.5, 0.6) is 0 Å². The normalized spacial score (nSPS) is 24.4. The molecule has 0 aromatic carbocycles. The van der Waals surface area contributed by atoms with E-state index in [1.807, 2.05) is 30.2 Å². The van der Waals surface area contributed by atoms with Crippen LogP contribution in [0, 0.1) is 6.92 Å². The predicted octanol–water partition coefficient (Wildman–Crippen LogP) is 1.40. The average molecular weight is 233 g/mol. The molecule has 0 radical (unpaired) electrons. The van der Waals surface area contributed by atoms with Gasteiger partial charge in [0.05, 0.1) is 6.04 Å². The molecule has 0 saturated carbocycles. The fourth-order valence-corrected chi connectivity index (χ4v) is 2.40. The third-order valence-corrected chi connectivity index (χ3v) is 3.21. The number of amides is 1. The van der Waals surface area contributed by atoms with Crippen molar-refractivity contribution in [3.8, 4) is 0 Å². The molecule has 0 bridgehead atoms. The Hall–Kier alpha value is -1.42. The summed E-state index contributed by atoms with van der Waals surface area (Å²) < 4.78 is 0. The number of carbonyl (C=O) groups is 1. The highest BCUT2D eigenvalue weighted by molar-refractivity contribution is 5.80. The number of aryl methyl sites for hydroxylation is 1. The third-order valence-electron chi connectivity index (χ3n) is 3.21. The lowest BCUT2D eigenvalue weighted by Gasteiger charge is -2.26. The van der Waals surface area contributed by atoms with E-state index in [0.29, 0.717) is 6.42 Å². The molecule has 0 spiro atoms. The molecule has 92 valence electrons. The number of likely N-dealkylation sites (tertiary alicyclic amines) is 1. The Morgan fingerprint density at radius 2 is 2.29 bits per heavy atom. The maximum Gasteiger partial charge on any atom is 0.224 e. The van der Waals surface area contributed by atoms with E-state index >= 15 is 0 Å². The lowest BCUT2D eigenvalue weighted by atomic mass is 10.0. The van der Waals surface area contributed by atoms with E-state index in [9.17, 15) is 4.79 Å². The van der Waals surface area contributed by atoms with Crippen LogP contribution in [0.1, 0.15) is 37.1 Å². The topological polar surface area (TPSA) is 59.2 Å². The second-order valence-electron chi connectivity index (χ2n) is 4.63. The Labute approximate surface area is 102 Å². The fourth-order valence-electron chi connectivity index (χ4n) is 2.40. The first-order valence-corrected chi connectivity index (χ1v) is 6.11. The Morgan fingerprint density at radius 1 is 1.53 bits per heavy atom. The van der Waals surface area contributed by atoms with Gasteiger partial charge in [0, 0.05) is 30.9 Å². The molecule has 17 heavy (non-hydrogen) atoms. The SMILES string of the molecule is CCCN1C(=O)C[C@H](N)[C@H]1c1ccc(C)nc1. The van der Waals surface area contributed by atoms with Crippen LogP contribution in [-0.2, 0) is 4.79 Å². The van der Waals surface area contributed by atoms with Crippen LogP contribution in [0.4, 0.5) is 0 Å². The minimum atomic E-state index is -0.112. The van der Waals surface area contributed by atoms with Crippen molar-refractivity contribution in [1.29, 1.82) is 0 Å². The molecule has 1 saturated heterocycles. The maximum atomic E-state index is 11.9. The van der Waals surface area contributed by atoms with Crippen LogP contribution in [0.25, 0.3) is 0 Å². The van der Waals surface area contributed by atoms with Crippen LogP contribution in [0.2, 0.25) is 0 Å². The number of nitrogens with two attached hydrogens (primary N) is 1. The Balaban J connectivity index is 2.28. The monoisotopic (exact) mass is 233 g/mol. The summed E-state index contributed by atoms with van der Waals surface area (Å²) in [5, 5.41) is 0. The molecule has 2 atom stereocenters. The van der Waals surface area contributed by atoms with E-state index < -0.39 is 0 Å². The van der Waals surface area contributed by atoms with E-state index in [2.05, 4.69) is 11.9 Å². The number of carbonyl (C=O) groups excluding carboxylic acids is 1. The van der Waals surface area contributed by atoms with E-state index in [1.165, 1.54) is 0 Å². The van der Waals surface area contributed by atoms with E-state index in [4.69, 9.17) is 5.73 Å². The molecule has 4 heteroatoms. The van der Waals surface area contributed by atoms with Gasteiger partial charge < -0.3 is 10.6 Å². The van der Waals surface area contributed by atoms with Gasteiger partial charge in [0.15, 0.2) is 0 Å². The van der Waals surface area contributed by atoms with E-state index in [0.717, 1.165) is 24.2 Å². The van der Waals surface area contributed by atoms with Gasteiger partial charge in [-0.3, -0.25) is 9.78 Å². The van der Waals surface area contributed by atoms with Crippen molar-refractivity contribution < 1.29 is 4.79 Å². The zero-order valence-electron chi connectivity index (χ0n) is 10.4. The molecule has 1 aromatic rings. The summed E-state index contributed by atoms with van der Waals surface area (Å²) in [4.78, 5) is 18.0. The average Bonchev–Trinajstić information content (AvgIpc) is 2.56. The van der Waals surface area contributed by atoms with Crippen LogP contribution >= 0.6 is 0 Å². The molecule has 0 aliphatic carbocycles. The highest BCUT2D eigenvalue weighted by atomic mass is 16.2. The van der Waals surface area contributed by atoms with Gasteiger partial charge in [0.25, 0.3) is 0 Å². The largest absolute Gasteiger partial charge is 0.334 e. The van der Waals surface area contributed by atoms with Crippen LogP contribution in [0.15, 0.2) is 18.3 Å². The Bertz CT molecular complexity index is 402. The molecular weight excluding hydrogens is 214 g/mol. The Morgan fingerprint density at radius 3 is 2.88 bits per heavy atom. The number of aromatic nitrogens is 1. The molecule has 1 aliphatic heterocycles. The van der Waals surface area contributed by atoms with Gasteiger partial charge >= 0.3 is 0 Å². The molecule has 2 N–H and O–H groups in total. The highest BCUT2D eigenvalue weighted by Gasteiger charge is 2.37. The summed E-state index contributed by atoms with van der Waals surface area (Å²) in [6.07, 6.45) is 3.23. The molecule has 0 unspecified atom stereocenters. The molecule has 4 nitrogen and oxygen atoms in total. The summed E-state index contributed by atoms with van der Waals surface area (Å²) in [5.74, 6) is 0.157. The quantitative estimate of drug-likeness (QED) is 0.858. The van der Waals surface area contributed by atoms with Crippen molar-refractivity contribution >= 4 is 5.91 Å². The van der Waals surface area contributed by atoms with Gasteiger partial charge in [-0.1, -0.05) is 13.0 Å². The van der Waals surface area contributed by atoms with Crippen LogP contribution in [0.3, 0.4) is 0 Å². The summed E-state index contributed by atoms with van der Waals surface area (Å²) in [7, 11) is 0. The van der Waals surface area contributed by atoms with Crippen molar-refractivity contribution in [1.82, 2.24) is 9.88 Å². The van der Waals surface area contributed by atoms with Gasteiger partial charge in [-0.2, -0.15) is 0 Å². The van der Waals surface area contributed by atoms with Gasteiger partial charge in [0.2, 0.25) is 5.91 Å². The standard InChI is InChI=1S/C13H19N3O/c1-3-6-16-12(17)7-11(14)13(16)10-5-4-9(2)15-8-10/h4-5,8,11,13H,3,6-7,14H2,1-2H3/t11-,13+/m0/s1. The van der Waals surface area contributed by atoms with Gasteiger partial charge in [-0.15, -0.1) is 0 Å². The number of hydrogen-bond donors (Lipinski definition) is 1. The fraction of sp³-hybridized carbons (Fsp3) is 0.538. The molecule has 2 heterocycles. The molecule has 1 aromatic heterocycles. The molecule has 1 fully saturated rings. The molecule has 1 amide bonds. The minimum absolute atomic E-state index is 0.00412. The maximum absolute atomic E-state index is 11.9. The first kappa shape index (κ1) is 12.0. The van der Waals surface area contributed by atoms with Crippen LogP contribution in [-0.4, -0.2) is 28.4 Å². The third kappa shape index (κ3) is 2.31. The molecular formula is C13H19N3O. The number of nitrogens with zero attached hydrogens (tertiary/aromatic N) is 2. The van der Waals surface area contributed by atoms with Crippen molar-refractivity contribution in [2.75, 3.05) is 6.54 Å². The van der Waals surface area contributed by atoms with Crippen molar-refractivity contribution in [3.05, 3.63) is 29.6 Å². The summed E-state index contributed by atoms with van der Waals surface area (Å²) in [5.41, 5.74) is 8.09. The Kier molecular flexibility index (Phi) is 3.43.